The Morgan fingerprint density at radius 1 is 0.897 bits per heavy atom. The minimum Gasteiger partial charge on any atom is -0.496 e. The second-order valence-electron chi connectivity index (χ2n) is 9.86. The second kappa shape index (κ2) is 12.3. The van der Waals surface area contributed by atoms with Crippen molar-refractivity contribution in [2.75, 3.05) is 12.8 Å². The normalized spacial score (nSPS) is 11.9. The van der Waals surface area contributed by atoms with Crippen LogP contribution in [0.5, 0.6) is 17.2 Å². The molecular formula is C32H31Br2NO4. The number of anilines is 1. The van der Waals surface area contributed by atoms with Crippen LogP contribution in [0.1, 0.15) is 59.1 Å². The van der Waals surface area contributed by atoms with E-state index in [1.807, 2.05) is 30.3 Å². The molecule has 0 aliphatic rings. The van der Waals surface area contributed by atoms with Crippen molar-refractivity contribution in [3.63, 3.8) is 0 Å². The summed E-state index contributed by atoms with van der Waals surface area (Å²) in [5.74, 6) is 1.15. The molecule has 4 rings (SSSR count). The van der Waals surface area contributed by atoms with Gasteiger partial charge in [0.05, 0.1) is 22.5 Å². The Morgan fingerprint density at radius 3 is 2.10 bits per heavy atom. The van der Waals surface area contributed by atoms with E-state index in [9.17, 15) is 9.90 Å². The molecule has 0 aromatic heterocycles. The van der Waals surface area contributed by atoms with Crippen LogP contribution < -0.4 is 15.2 Å². The van der Waals surface area contributed by atoms with E-state index in [4.69, 9.17) is 15.2 Å². The molecule has 0 aliphatic carbocycles. The number of nitrogen functional groups attached to an aromatic ring is 1. The lowest BCUT2D eigenvalue weighted by Crippen LogP contribution is -2.08. The van der Waals surface area contributed by atoms with Crippen molar-refractivity contribution in [1.82, 2.24) is 0 Å². The minimum atomic E-state index is -0.897. The molecular weight excluding hydrogens is 622 g/mol. The third kappa shape index (κ3) is 6.65. The highest BCUT2D eigenvalue weighted by Crippen LogP contribution is 2.46. The van der Waals surface area contributed by atoms with Gasteiger partial charge in [0.25, 0.3) is 0 Å². The molecule has 39 heavy (non-hydrogen) atoms. The predicted molar refractivity (Wildman–Crippen MR) is 163 cm³/mol. The number of benzene rings is 4. The summed E-state index contributed by atoms with van der Waals surface area (Å²) in [6.07, 6.45) is -0.0880. The summed E-state index contributed by atoms with van der Waals surface area (Å²) in [4.78, 5) is 11.3. The van der Waals surface area contributed by atoms with E-state index < -0.39 is 5.97 Å². The number of carboxylic acid groups (broad SMARTS) is 1. The predicted octanol–water partition coefficient (Wildman–Crippen LogP) is 8.83. The van der Waals surface area contributed by atoms with Gasteiger partial charge in [0, 0.05) is 22.7 Å². The lowest BCUT2D eigenvalue weighted by Gasteiger charge is -2.25. The van der Waals surface area contributed by atoms with Gasteiger partial charge in [-0.1, -0.05) is 55.8 Å². The smallest absolute Gasteiger partial charge is 0.307 e. The fourth-order valence-corrected chi connectivity index (χ4v) is 6.16. The summed E-state index contributed by atoms with van der Waals surface area (Å²) in [6, 6.07) is 24.0. The Morgan fingerprint density at radius 2 is 1.54 bits per heavy atom. The van der Waals surface area contributed by atoms with Crippen LogP contribution in [-0.4, -0.2) is 18.2 Å². The number of methoxy groups -OCH3 is 1. The van der Waals surface area contributed by atoms with Gasteiger partial charge in [-0.05, 0) is 97.8 Å². The Kier molecular flexibility index (Phi) is 9.03. The highest BCUT2D eigenvalue weighted by molar-refractivity contribution is 9.11. The molecule has 0 saturated heterocycles. The molecule has 0 aliphatic heterocycles. The number of hydrogen-bond acceptors (Lipinski definition) is 4. The summed E-state index contributed by atoms with van der Waals surface area (Å²) >= 11 is 7.21. The standard InChI is InChI=1S/C32H31Br2NO4/c1-18(2)24-16-29(39-32-26(33)13-20(14-27(32)34)15-30(36)37)25(17-28(24)38-4)31(21-8-10-23(35)11-9-21)22-7-5-6-19(3)12-22/h5-14,16-18,31H,15,35H2,1-4H3,(H,36,37). The fourth-order valence-electron chi connectivity index (χ4n) is 4.72. The average molecular weight is 653 g/mol. The van der Waals surface area contributed by atoms with Gasteiger partial charge in [-0.3, -0.25) is 4.79 Å². The van der Waals surface area contributed by atoms with Crippen molar-refractivity contribution in [1.29, 1.82) is 0 Å². The summed E-state index contributed by atoms with van der Waals surface area (Å²) in [7, 11) is 1.69. The van der Waals surface area contributed by atoms with Gasteiger partial charge >= 0.3 is 5.97 Å². The number of hydrogen-bond donors (Lipinski definition) is 2. The van der Waals surface area contributed by atoms with Gasteiger partial charge in [0.15, 0.2) is 5.75 Å². The molecule has 0 saturated carbocycles. The highest BCUT2D eigenvalue weighted by atomic mass is 79.9. The third-order valence-corrected chi connectivity index (χ3v) is 7.74. The average Bonchev–Trinajstić information content (AvgIpc) is 2.87. The number of halogens is 2. The lowest BCUT2D eigenvalue weighted by atomic mass is 9.83. The van der Waals surface area contributed by atoms with Gasteiger partial charge in [-0.25, -0.2) is 0 Å². The number of carboxylic acids is 1. The molecule has 1 atom stereocenters. The first-order chi connectivity index (χ1) is 18.6. The molecule has 3 N–H and O–H groups in total. The van der Waals surface area contributed by atoms with Crippen LogP contribution in [0.3, 0.4) is 0 Å². The second-order valence-corrected chi connectivity index (χ2v) is 11.6. The van der Waals surface area contributed by atoms with E-state index in [1.165, 1.54) is 0 Å². The highest BCUT2D eigenvalue weighted by Gasteiger charge is 2.26. The van der Waals surface area contributed by atoms with Gasteiger partial charge in [-0.15, -0.1) is 0 Å². The zero-order chi connectivity index (χ0) is 28.3. The maximum absolute atomic E-state index is 11.3. The zero-order valence-electron chi connectivity index (χ0n) is 22.3. The van der Waals surface area contributed by atoms with Gasteiger partial charge in [0.2, 0.25) is 0 Å². The zero-order valence-corrected chi connectivity index (χ0v) is 25.5. The Balaban J connectivity index is 1.96. The summed E-state index contributed by atoms with van der Waals surface area (Å²) in [5.41, 5.74) is 12.7. The minimum absolute atomic E-state index is 0.0880. The van der Waals surface area contributed by atoms with E-state index in [-0.39, 0.29) is 18.3 Å². The van der Waals surface area contributed by atoms with Crippen LogP contribution in [0.25, 0.3) is 0 Å². The molecule has 7 heteroatoms. The van der Waals surface area contributed by atoms with E-state index >= 15 is 0 Å². The van der Waals surface area contributed by atoms with Crippen LogP contribution >= 0.6 is 31.9 Å². The van der Waals surface area contributed by atoms with Crippen molar-refractivity contribution in [3.05, 3.63) is 115 Å². The topological polar surface area (TPSA) is 81.8 Å². The molecule has 0 radical (unpaired) electrons. The van der Waals surface area contributed by atoms with E-state index in [0.717, 1.165) is 33.6 Å². The maximum Gasteiger partial charge on any atom is 0.307 e. The monoisotopic (exact) mass is 651 g/mol. The molecule has 0 amide bonds. The van der Waals surface area contributed by atoms with Gasteiger partial charge in [-0.2, -0.15) is 0 Å². The summed E-state index contributed by atoms with van der Waals surface area (Å²) < 4.78 is 13.9. The first-order valence-electron chi connectivity index (χ1n) is 12.6. The van der Waals surface area contributed by atoms with Gasteiger partial charge < -0.3 is 20.3 Å². The number of nitrogens with two attached hydrogens (primary N) is 1. The first-order valence-corrected chi connectivity index (χ1v) is 14.2. The Hall–Kier alpha value is -3.29. The number of aliphatic carboxylic acids is 1. The van der Waals surface area contributed by atoms with Crippen molar-refractivity contribution in [3.8, 4) is 17.2 Å². The van der Waals surface area contributed by atoms with Crippen molar-refractivity contribution >= 4 is 43.5 Å². The number of carbonyl (C=O) groups is 1. The summed E-state index contributed by atoms with van der Waals surface area (Å²) in [6.45, 7) is 6.31. The Labute approximate surface area is 246 Å². The number of ether oxygens (including phenoxy) is 2. The molecule has 0 spiro atoms. The molecule has 0 bridgehead atoms. The lowest BCUT2D eigenvalue weighted by molar-refractivity contribution is -0.136. The van der Waals surface area contributed by atoms with Crippen LogP contribution in [0.15, 0.2) is 81.7 Å². The summed E-state index contributed by atoms with van der Waals surface area (Å²) in [5, 5.41) is 9.25. The van der Waals surface area contributed by atoms with Crippen molar-refractivity contribution in [2.45, 2.75) is 39.0 Å². The molecule has 1 unspecified atom stereocenters. The molecule has 4 aromatic rings. The van der Waals surface area contributed by atoms with Crippen LogP contribution in [0.2, 0.25) is 0 Å². The quantitative estimate of drug-likeness (QED) is 0.139. The SMILES string of the molecule is COc1cc(C(c2ccc(N)cc2)c2cccc(C)c2)c(Oc2c(Br)cc(CC(=O)O)cc2Br)cc1C(C)C. The molecule has 0 heterocycles. The van der Waals surface area contributed by atoms with Crippen LogP contribution in [-0.2, 0) is 11.2 Å². The molecule has 5 nitrogen and oxygen atoms in total. The number of aryl methyl sites for hydroxylation is 1. The maximum atomic E-state index is 11.3. The van der Waals surface area contributed by atoms with Crippen molar-refractivity contribution in [2.24, 2.45) is 0 Å². The molecule has 0 fully saturated rings. The van der Waals surface area contributed by atoms with E-state index in [1.54, 1.807) is 19.2 Å². The first kappa shape index (κ1) is 28.7. The van der Waals surface area contributed by atoms with Gasteiger partial charge in [0.1, 0.15) is 11.5 Å². The largest absolute Gasteiger partial charge is 0.496 e. The van der Waals surface area contributed by atoms with Crippen LogP contribution in [0, 0.1) is 6.92 Å². The number of rotatable bonds is 9. The van der Waals surface area contributed by atoms with Crippen LogP contribution in [0.4, 0.5) is 5.69 Å². The van der Waals surface area contributed by atoms with E-state index in [0.29, 0.717) is 31.7 Å². The Bertz CT molecular complexity index is 1480. The third-order valence-electron chi connectivity index (χ3n) is 6.57. The molecule has 202 valence electrons. The van der Waals surface area contributed by atoms with E-state index in [2.05, 4.69) is 83.0 Å². The van der Waals surface area contributed by atoms with Crippen molar-refractivity contribution < 1.29 is 19.4 Å². The fraction of sp³-hybridized carbons (Fsp3) is 0.219. The molecule has 4 aromatic carbocycles.